The number of hydrogen-bond acceptors (Lipinski definition) is 7. The second-order valence-corrected chi connectivity index (χ2v) is 7.79. The lowest BCUT2D eigenvalue weighted by atomic mass is 10.2. The van der Waals surface area contributed by atoms with Gasteiger partial charge in [0, 0.05) is 56.1 Å². The van der Waals surface area contributed by atoms with Crippen molar-refractivity contribution < 1.29 is 0 Å². The molecular weight excluding hydrogens is 356 g/mol. The summed E-state index contributed by atoms with van der Waals surface area (Å²) in [5, 5.41) is 3.30. The van der Waals surface area contributed by atoms with Crippen molar-refractivity contribution in [3.63, 3.8) is 0 Å². The van der Waals surface area contributed by atoms with E-state index in [1.54, 1.807) is 17.5 Å². The monoisotopic (exact) mass is 380 g/mol. The summed E-state index contributed by atoms with van der Waals surface area (Å²) in [4.78, 5) is 23.3. The van der Waals surface area contributed by atoms with E-state index in [1.165, 1.54) is 5.69 Å². The van der Waals surface area contributed by atoms with E-state index in [-0.39, 0.29) is 0 Å². The fourth-order valence-electron chi connectivity index (χ4n) is 3.28. The smallest absolute Gasteiger partial charge is 0.180 e. The third kappa shape index (κ3) is 4.31. The van der Waals surface area contributed by atoms with E-state index in [1.807, 2.05) is 18.2 Å². The molecule has 0 amide bonds. The summed E-state index contributed by atoms with van der Waals surface area (Å²) in [6.45, 7) is 9.08. The van der Waals surface area contributed by atoms with Gasteiger partial charge in [-0.15, -0.1) is 11.3 Å². The molecule has 0 aromatic carbocycles. The fourth-order valence-corrected chi connectivity index (χ4v) is 3.88. The molecule has 7 heteroatoms. The standard InChI is InChI=1S/C20H24N6S/c1-3-16-12-19(24-20(23-16)18-6-4-5-7-21-18)26-10-8-25(9-11-26)13-17-14-27-15(2)22-17/h4-7,12,14H,3,8-11,13H2,1-2H3. The maximum absolute atomic E-state index is 4.81. The maximum Gasteiger partial charge on any atom is 0.180 e. The van der Waals surface area contributed by atoms with E-state index in [0.29, 0.717) is 5.82 Å². The summed E-state index contributed by atoms with van der Waals surface area (Å²) in [5.74, 6) is 1.72. The fraction of sp³-hybridized carbons (Fsp3) is 0.400. The van der Waals surface area contributed by atoms with Gasteiger partial charge in [0.2, 0.25) is 0 Å². The highest BCUT2D eigenvalue weighted by atomic mass is 32.1. The molecule has 3 aromatic heterocycles. The lowest BCUT2D eigenvalue weighted by molar-refractivity contribution is 0.247. The highest BCUT2D eigenvalue weighted by Gasteiger charge is 2.20. The minimum absolute atomic E-state index is 0.713. The first-order valence-corrected chi connectivity index (χ1v) is 10.3. The van der Waals surface area contributed by atoms with Gasteiger partial charge >= 0.3 is 0 Å². The van der Waals surface area contributed by atoms with Crippen molar-refractivity contribution >= 4 is 17.2 Å². The van der Waals surface area contributed by atoms with Crippen molar-refractivity contribution in [2.75, 3.05) is 31.1 Å². The highest BCUT2D eigenvalue weighted by Crippen LogP contribution is 2.21. The van der Waals surface area contributed by atoms with Crippen molar-refractivity contribution in [3.8, 4) is 11.5 Å². The van der Waals surface area contributed by atoms with Crippen LogP contribution in [0.25, 0.3) is 11.5 Å². The van der Waals surface area contributed by atoms with E-state index >= 15 is 0 Å². The molecule has 6 nitrogen and oxygen atoms in total. The predicted octanol–water partition coefficient (Wildman–Crippen LogP) is 3.19. The van der Waals surface area contributed by atoms with Gasteiger partial charge in [-0.1, -0.05) is 13.0 Å². The number of thiazole rings is 1. The molecule has 0 spiro atoms. The molecule has 1 aliphatic heterocycles. The van der Waals surface area contributed by atoms with Gasteiger partial charge in [0.15, 0.2) is 5.82 Å². The van der Waals surface area contributed by atoms with Crippen LogP contribution >= 0.6 is 11.3 Å². The Morgan fingerprint density at radius 3 is 2.56 bits per heavy atom. The second-order valence-electron chi connectivity index (χ2n) is 6.73. The van der Waals surface area contributed by atoms with Crippen LogP contribution in [0.3, 0.4) is 0 Å². The first-order valence-electron chi connectivity index (χ1n) is 9.39. The van der Waals surface area contributed by atoms with Gasteiger partial charge in [-0.3, -0.25) is 9.88 Å². The third-order valence-electron chi connectivity index (χ3n) is 4.77. The summed E-state index contributed by atoms with van der Waals surface area (Å²) < 4.78 is 0. The summed E-state index contributed by atoms with van der Waals surface area (Å²) in [5.41, 5.74) is 3.06. The molecule has 27 heavy (non-hydrogen) atoms. The normalized spacial score (nSPS) is 15.3. The average molecular weight is 381 g/mol. The minimum atomic E-state index is 0.713. The summed E-state index contributed by atoms with van der Waals surface area (Å²) in [7, 11) is 0. The predicted molar refractivity (Wildman–Crippen MR) is 109 cm³/mol. The van der Waals surface area contributed by atoms with Gasteiger partial charge in [0.1, 0.15) is 11.5 Å². The molecule has 1 fully saturated rings. The van der Waals surface area contributed by atoms with Gasteiger partial charge < -0.3 is 4.90 Å². The molecule has 1 saturated heterocycles. The molecule has 0 unspecified atom stereocenters. The highest BCUT2D eigenvalue weighted by molar-refractivity contribution is 7.09. The molecule has 0 bridgehead atoms. The number of piperazine rings is 1. The topological polar surface area (TPSA) is 58.0 Å². The molecule has 0 saturated carbocycles. The Labute approximate surface area is 163 Å². The Bertz CT molecular complexity index is 886. The summed E-state index contributed by atoms with van der Waals surface area (Å²) in [6, 6.07) is 7.97. The zero-order valence-corrected chi connectivity index (χ0v) is 16.6. The zero-order chi connectivity index (χ0) is 18.6. The molecule has 4 rings (SSSR count). The molecule has 140 valence electrons. The van der Waals surface area contributed by atoms with Gasteiger partial charge in [0.05, 0.1) is 10.7 Å². The van der Waals surface area contributed by atoms with E-state index in [4.69, 9.17) is 4.98 Å². The molecule has 4 heterocycles. The van der Waals surface area contributed by atoms with Crippen molar-refractivity contribution in [1.82, 2.24) is 24.8 Å². The largest absolute Gasteiger partial charge is 0.354 e. The Balaban J connectivity index is 1.47. The van der Waals surface area contributed by atoms with Crippen molar-refractivity contribution in [3.05, 3.63) is 52.2 Å². The Morgan fingerprint density at radius 2 is 1.89 bits per heavy atom. The molecular formula is C20H24N6S. The quantitative estimate of drug-likeness (QED) is 0.678. The van der Waals surface area contributed by atoms with Crippen LogP contribution in [0.15, 0.2) is 35.8 Å². The molecule has 0 N–H and O–H groups in total. The number of aryl methyl sites for hydroxylation is 2. The van der Waals surface area contributed by atoms with Crippen LogP contribution in [0.2, 0.25) is 0 Å². The van der Waals surface area contributed by atoms with E-state index in [0.717, 1.165) is 61.4 Å². The minimum Gasteiger partial charge on any atom is -0.354 e. The number of aromatic nitrogens is 4. The number of pyridine rings is 1. The van der Waals surface area contributed by atoms with Crippen molar-refractivity contribution in [2.45, 2.75) is 26.8 Å². The van der Waals surface area contributed by atoms with E-state index in [9.17, 15) is 0 Å². The number of hydrogen-bond donors (Lipinski definition) is 0. The van der Waals surface area contributed by atoms with Gasteiger partial charge in [-0.25, -0.2) is 15.0 Å². The van der Waals surface area contributed by atoms with E-state index < -0.39 is 0 Å². The van der Waals surface area contributed by atoms with Crippen LogP contribution in [0.1, 0.15) is 23.3 Å². The number of anilines is 1. The van der Waals surface area contributed by atoms with Crippen LogP contribution in [0.5, 0.6) is 0 Å². The van der Waals surface area contributed by atoms with Crippen LogP contribution in [-0.4, -0.2) is 51.0 Å². The lowest BCUT2D eigenvalue weighted by Gasteiger charge is -2.35. The Kier molecular flexibility index (Phi) is 5.40. The van der Waals surface area contributed by atoms with Crippen LogP contribution < -0.4 is 4.90 Å². The summed E-state index contributed by atoms with van der Waals surface area (Å²) in [6.07, 6.45) is 2.68. The van der Waals surface area contributed by atoms with Gasteiger partial charge in [-0.2, -0.15) is 0 Å². The Hall–Kier alpha value is -2.38. The number of rotatable bonds is 5. The zero-order valence-electron chi connectivity index (χ0n) is 15.8. The first-order chi connectivity index (χ1) is 13.2. The lowest BCUT2D eigenvalue weighted by Crippen LogP contribution is -2.46. The first kappa shape index (κ1) is 18.0. The second kappa shape index (κ2) is 8.10. The molecule has 1 aliphatic rings. The van der Waals surface area contributed by atoms with Gasteiger partial charge in [0.25, 0.3) is 0 Å². The Morgan fingerprint density at radius 1 is 1.04 bits per heavy atom. The van der Waals surface area contributed by atoms with E-state index in [2.05, 4.69) is 50.0 Å². The van der Waals surface area contributed by atoms with Gasteiger partial charge in [-0.05, 0) is 25.5 Å². The average Bonchev–Trinajstić information content (AvgIpc) is 3.13. The van der Waals surface area contributed by atoms with Crippen LogP contribution in [-0.2, 0) is 13.0 Å². The van der Waals surface area contributed by atoms with Crippen LogP contribution in [0.4, 0.5) is 5.82 Å². The van der Waals surface area contributed by atoms with Crippen molar-refractivity contribution in [1.29, 1.82) is 0 Å². The van der Waals surface area contributed by atoms with Crippen LogP contribution in [0, 0.1) is 6.92 Å². The number of nitrogens with zero attached hydrogens (tertiary/aromatic N) is 6. The third-order valence-corrected chi connectivity index (χ3v) is 5.59. The molecule has 3 aromatic rings. The molecule has 0 atom stereocenters. The maximum atomic E-state index is 4.81. The summed E-state index contributed by atoms with van der Waals surface area (Å²) >= 11 is 1.72. The molecule has 0 aliphatic carbocycles. The van der Waals surface area contributed by atoms with Crippen molar-refractivity contribution in [2.24, 2.45) is 0 Å². The molecule has 0 radical (unpaired) electrons. The SMILES string of the molecule is CCc1cc(N2CCN(Cc3csc(C)n3)CC2)nc(-c2ccccn2)n1.